The van der Waals surface area contributed by atoms with E-state index in [1.807, 2.05) is 0 Å². The summed E-state index contributed by atoms with van der Waals surface area (Å²) < 4.78 is 0. The summed E-state index contributed by atoms with van der Waals surface area (Å²) in [4.78, 5) is 0. The first-order valence-corrected chi connectivity index (χ1v) is 10.6. The quantitative estimate of drug-likeness (QED) is 0.489. The van der Waals surface area contributed by atoms with Gasteiger partial charge in [-0.1, -0.05) is 44.2 Å². The number of hydrogen-bond donors (Lipinski definition) is 1. The standard InChI is InChI=1S/C24H36O/c1-14(2)16(4)17-6-7-19-18(13-17)12-15(3)23-20(19)10-11-24(5)21(23)8-9-22(24)25/h13,15,17,19-23,25H,1,4,6-12H2,2-3,5H3/t15-,17?,19+,20-,21+,22+,23-,24+/m1/s1. The molecule has 4 aliphatic rings. The van der Waals surface area contributed by atoms with E-state index >= 15 is 0 Å². The summed E-state index contributed by atoms with van der Waals surface area (Å²) >= 11 is 0. The van der Waals surface area contributed by atoms with Crippen LogP contribution in [-0.4, -0.2) is 11.2 Å². The van der Waals surface area contributed by atoms with Gasteiger partial charge in [-0.15, -0.1) is 0 Å². The minimum atomic E-state index is -0.0581. The van der Waals surface area contributed by atoms with Crippen LogP contribution in [0.2, 0.25) is 0 Å². The molecule has 1 nitrogen and oxygen atoms in total. The zero-order valence-corrected chi connectivity index (χ0v) is 16.4. The molecule has 0 bridgehead atoms. The Morgan fingerprint density at radius 1 is 1.16 bits per heavy atom. The van der Waals surface area contributed by atoms with Crippen LogP contribution in [0.3, 0.4) is 0 Å². The molecule has 4 aliphatic carbocycles. The zero-order valence-electron chi connectivity index (χ0n) is 16.4. The van der Waals surface area contributed by atoms with Crippen molar-refractivity contribution in [1.82, 2.24) is 0 Å². The van der Waals surface area contributed by atoms with E-state index < -0.39 is 0 Å². The third kappa shape index (κ3) is 2.60. The van der Waals surface area contributed by atoms with Crippen LogP contribution in [0, 0.1) is 40.9 Å². The molecular weight excluding hydrogens is 304 g/mol. The van der Waals surface area contributed by atoms with E-state index in [-0.39, 0.29) is 11.5 Å². The molecule has 0 saturated heterocycles. The predicted octanol–water partition coefficient (Wildman–Crippen LogP) is 5.91. The van der Waals surface area contributed by atoms with Crippen molar-refractivity contribution in [2.24, 2.45) is 40.9 Å². The van der Waals surface area contributed by atoms with Gasteiger partial charge < -0.3 is 5.11 Å². The molecule has 0 aromatic heterocycles. The molecule has 4 rings (SSSR count). The van der Waals surface area contributed by atoms with Gasteiger partial charge in [0.2, 0.25) is 0 Å². The molecule has 25 heavy (non-hydrogen) atoms. The molecule has 0 heterocycles. The molecule has 3 fully saturated rings. The summed E-state index contributed by atoms with van der Waals surface area (Å²) in [5.74, 6) is 4.53. The van der Waals surface area contributed by atoms with Crippen LogP contribution in [0.4, 0.5) is 0 Å². The second-order valence-corrected chi connectivity index (χ2v) is 10.0. The second kappa shape index (κ2) is 6.12. The van der Waals surface area contributed by atoms with Gasteiger partial charge in [0.1, 0.15) is 0 Å². The molecule has 1 N–H and O–H groups in total. The van der Waals surface area contributed by atoms with Gasteiger partial charge >= 0.3 is 0 Å². The molecule has 1 unspecified atom stereocenters. The molecular formula is C24H36O. The second-order valence-electron chi connectivity index (χ2n) is 10.0. The van der Waals surface area contributed by atoms with Crippen molar-refractivity contribution >= 4 is 0 Å². The Labute approximate surface area is 154 Å². The Kier molecular flexibility index (Phi) is 4.30. The molecule has 0 aromatic carbocycles. The van der Waals surface area contributed by atoms with Gasteiger partial charge in [0.05, 0.1) is 6.10 Å². The number of hydrogen-bond acceptors (Lipinski definition) is 1. The van der Waals surface area contributed by atoms with E-state index in [0.29, 0.717) is 5.92 Å². The highest BCUT2D eigenvalue weighted by Crippen LogP contribution is 2.63. The average Bonchev–Trinajstić information content (AvgIpc) is 2.88. The zero-order chi connectivity index (χ0) is 17.9. The van der Waals surface area contributed by atoms with Crippen LogP contribution in [-0.2, 0) is 0 Å². The topological polar surface area (TPSA) is 20.2 Å². The smallest absolute Gasteiger partial charge is 0.0596 e. The number of aliphatic hydroxyl groups excluding tert-OH is 1. The Morgan fingerprint density at radius 3 is 2.64 bits per heavy atom. The number of allylic oxidation sites excluding steroid dienone is 4. The lowest BCUT2D eigenvalue weighted by Crippen LogP contribution is -2.50. The molecule has 3 saturated carbocycles. The molecule has 0 aromatic rings. The van der Waals surface area contributed by atoms with Crippen LogP contribution in [0.15, 0.2) is 36.0 Å². The van der Waals surface area contributed by atoms with Gasteiger partial charge in [0.15, 0.2) is 0 Å². The Balaban J connectivity index is 1.61. The Bertz CT molecular complexity index is 614. The lowest BCUT2D eigenvalue weighted by atomic mass is 9.49. The lowest BCUT2D eigenvalue weighted by Gasteiger charge is -2.56. The van der Waals surface area contributed by atoms with Crippen molar-refractivity contribution in [3.05, 3.63) is 36.0 Å². The molecule has 0 radical (unpaired) electrons. The third-order valence-electron chi connectivity index (χ3n) is 8.74. The van der Waals surface area contributed by atoms with Gasteiger partial charge in [0, 0.05) is 5.92 Å². The maximum absolute atomic E-state index is 10.6. The van der Waals surface area contributed by atoms with Crippen molar-refractivity contribution in [3.8, 4) is 0 Å². The fourth-order valence-electron chi connectivity index (χ4n) is 7.30. The Hall–Kier alpha value is -0.820. The summed E-state index contributed by atoms with van der Waals surface area (Å²) in [7, 11) is 0. The fourth-order valence-corrected chi connectivity index (χ4v) is 7.30. The fraction of sp³-hybridized carbons (Fsp3) is 0.750. The van der Waals surface area contributed by atoms with E-state index in [1.165, 1.54) is 44.1 Å². The molecule has 8 atom stereocenters. The highest BCUT2D eigenvalue weighted by molar-refractivity contribution is 5.33. The summed E-state index contributed by atoms with van der Waals surface area (Å²) in [6.45, 7) is 15.4. The van der Waals surface area contributed by atoms with Crippen LogP contribution in [0.25, 0.3) is 0 Å². The largest absolute Gasteiger partial charge is 0.393 e. The first-order chi connectivity index (χ1) is 11.8. The number of rotatable bonds is 2. The SMILES string of the molecule is C=C(C)C(=C)C1C=C2C[C@@H](C)[C@@H]3[C@H](CC[C@]4(C)[C@@H](O)CC[C@@H]34)[C@H]2CC1. The van der Waals surface area contributed by atoms with Gasteiger partial charge in [-0.25, -0.2) is 0 Å². The normalized spacial score (nSPS) is 48.8. The Morgan fingerprint density at radius 2 is 1.92 bits per heavy atom. The molecule has 1 heteroatoms. The minimum absolute atomic E-state index is 0.0581. The minimum Gasteiger partial charge on any atom is -0.393 e. The van der Waals surface area contributed by atoms with E-state index in [1.54, 1.807) is 5.57 Å². The summed E-state index contributed by atoms with van der Waals surface area (Å²) in [5, 5.41) is 10.6. The maximum atomic E-state index is 10.6. The van der Waals surface area contributed by atoms with Gasteiger partial charge in [-0.05, 0) is 92.4 Å². The van der Waals surface area contributed by atoms with E-state index in [4.69, 9.17) is 0 Å². The molecule has 0 aliphatic heterocycles. The highest BCUT2D eigenvalue weighted by atomic mass is 16.3. The van der Waals surface area contributed by atoms with Crippen molar-refractivity contribution < 1.29 is 5.11 Å². The highest BCUT2D eigenvalue weighted by Gasteiger charge is 2.57. The van der Waals surface area contributed by atoms with Gasteiger partial charge in [0.25, 0.3) is 0 Å². The molecule has 0 amide bonds. The van der Waals surface area contributed by atoms with Crippen LogP contribution in [0.5, 0.6) is 0 Å². The van der Waals surface area contributed by atoms with Crippen LogP contribution < -0.4 is 0 Å². The molecule has 138 valence electrons. The van der Waals surface area contributed by atoms with E-state index in [2.05, 4.69) is 40.0 Å². The first-order valence-electron chi connectivity index (χ1n) is 10.6. The average molecular weight is 341 g/mol. The van der Waals surface area contributed by atoms with E-state index in [0.717, 1.165) is 41.6 Å². The summed E-state index contributed by atoms with van der Waals surface area (Å²) in [6.07, 6.45) is 11.2. The van der Waals surface area contributed by atoms with Crippen molar-refractivity contribution in [1.29, 1.82) is 0 Å². The molecule has 0 spiro atoms. The van der Waals surface area contributed by atoms with Crippen LogP contribution >= 0.6 is 0 Å². The van der Waals surface area contributed by atoms with Gasteiger partial charge in [-0.2, -0.15) is 0 Å². The summed E-state index contributed by atoms with van der Waals surface area (Å²) in [5.41, 5.74) is 4.32. The lowest BCUT2D eigenvalue weighted by molar-refractivity contribution is -0.0710. The van der Waals surface area contributed by atoms with Crippen molar-refractivity contribution in [2.75, 3.05) is 0 Å². The maximum Gasteiger partial charge on any atom is 0.0596 e. The first kappa shape index (κ1) is 17.6. The summed E-state index contributed by atoms with van der Waals surface area (Å²) in [6, 6.07) is 0. The van der Waals surface area contributed by atoms with Crippen molar-refractivity contribution in [2.45, 2.75) is 71.8 Å². The third-order valence-corrected chi connectivity index (χ3v) is 8.74. The monoisotopic (exact) mass is 340 g/mol. The van der Waals surface area contributed by atoms with Crippen LogP contribution in [0.1, 0.15) is 65.7 Å². The van der Waals surface area contributed by atoms with E-state index in [9.17, 15) is 5.11 Å². The number of aliphatic hydroxyl groups is 1. The van der Waals surface area contributed by atoms with Crippen molar-refractivity contribution in [3.63, 3.8) is 0 Å². The number of fused-ring (bicyclic) bond motifs is 5. The predicted molar refractivity (Wildman–Crippen MR) is 105 cm³/mol. The van der Waals surface area contributed by atoms with Gasteiger partial charge in [-0.3, -0.25) is 0 Å².